The van der Waals surface area contributed by atoms with Crippen molar-refractivity contribution >= 4 is 0 Å². The summed E-state index contributed by atoms with van der Waals surface area (Å²) in [5.74, 6) is 0.781. The first-order valence-corrected chi connectivity index (χ1v) is 6.39. The number of aryl methyl sites for hydroxylation is 2. The van der Waals surface area contributed by atoms with Gasteiger partial charge >= 0.3 is 0 Å². The second-order valence-electron chi connectivity index (χ2n) is 5.31. The van der Waals surface area contributed by atoms with E-state index in [1.165, 1.54) is 36.0 Å². The van der Waals surface area contributed by atoms with Crippen LogP contribution in [0.1, 0.15) is 42.4 Å². The average molecular weight is 218 g/mol. The summed E-state index contributed by atoms with van der Waals surface area (Å²) >= 11 is 0. The zero-order valence-electron chi connectivity index (χ0n) is 10.4. The molecule has 1 aromatic carbocycles. The molecule has 1 fully saturated rings. The number of hydrogen-bond acceptors (Lipinski definition) is 1. The Morgan fingerprint density at radius 2 is 1.81 bits per heavy atom. The highest BCUT2D eigenvalue weighted by atomic mass is 16.3. The number of aliphatic hydroxyl groups excluding tert-OH is 1. The van der Waals surface area contributed by atoms with Gasteiger partial charge in [-0.1, -0.05) is 23.8 Å². The van der Waals surface area contributed by atoms with Gasteiger partial charge in [0.25, 0.3) is 0 Å². The van der Waals surface area contributed by atoms with Crippen LogP contribution in [0.2, 0.25) is 0 Å². The van der Waals surface area contributed by atoms with Crippen LogP contribution >= 0.6 is 0 Å². The summed E-state index contributed by atoms with van der Waals surface area (Å²) in [6.45, 7) is 4.36. The molecule has 0 saturated heterocycles. The smallest absolute Gasteiger partial charge is 0.0540 e. The Morgan fingerprint density at radius 3 is 2.50 bits per heavy atom. The van der Waals surface area contributed by atoms with Crippen molar-refractivity contribution < 1.29 is 5.11 Å². The van der Waals surface area contributed by atoms with Crippen LogP contribution < -0.4 is 0 Å². The minimum absolute atomic E-state index is 0.0325. The summed E-state index contributed by atoms with van der Waals surface area (Å²) < 4.78 is 0. The minimum Gasteiger partial charge on any atom is -0.393 e. The molecule has 1 N–H and O–H groups in total. The van der Waals surface area contributed by atoms with E-state index in [-0.39, 0.29) is 6.10 Å². The van der Waals surface area contributed by atoms with Crippen LogP contribution in [0.25, 0.3) is 0 Å². The van der Waals surface area contributed by atoms with Crippen LogP contribution in [0.15, 0.2) is 18.2 Å². The first kappa shape index (κ1) is 11.7. The molecule has 0 amide bonds. The maximum atomic E-state index is 9.49. The lowest BCUT2D eigenvalue weighted by Gasteiger charge is -2.26. The largest absolute Gasteiger partial charge is 0.393 e. The Hall–Kier alpha value is -0.820. The molecule has 0 heterocycles. The SMILES string of the molecule is Cc1ccc(C)c(CC2CCC(O)CC2)c1. The van der Waals surface area contributed by atoms with E-state index < -0.39 is 0 Å². The molecule has 16 heavy (non-hydrogen) atoms. The van der Waals surface area contributed by atoms with Gasteiger partial charge in [0.15, 0.2) is 0 Å². The van der Waals surface area contributed by atoms with Crippen molar-refractivity contribution in [1.82, 2.24) is 0 Å². The van der Waals surface area contributed by atoms with Gasteiger partial charge in [-0.25, -0.2) is 0 Å². The molecule has 0 aliphatic heterocycles. The van der Waals surface area contributed by atoms with Crippen LogP contribution in [0, 0.1) is 19.8 Å². The predicted molar refractivity (Wildman–Crippen MR) is 67.6 cm³/mol. The molecule has 0 atom stereocenters. The molecule has 1 nitrogen and oxygen atoms in total. The first-order valence-electron chi connectivity index (χ1n) is 6.39. The van der Waals surface area contributed by atoms with Gasteiger partial charge in [0, 0.05) is 0 Å². The zero-order chi connectivity index (χ0) is 11.5. The Bertz CT molecular complexity index is 348. The van der Waals surface area contributed by atoms with Gasteiger partial charge in [-0.15, -0.1) is 0 Å². The van der Waals surface area contributed by atoms with Gasteiger partial charge in [0.1, 0.15) is 0 Å². The third-order valence-corrected chi connectivity index (χ3v) is 3.83. The lowest BCUT2D eigenvalue weighted by molar-refractivity contribution is 0.108. The molecule has 0 spiro atoms. The van der Waals surface area contributed by atoms with Crippen molar-refractivity contribution in [3.8, 4) is 0 Å². The van der Waals surface area contributed by atoms with E-state index in [9.17, 15) is 5.11 Å². The van der Waals surface area contributed by atoms with Crippen molar-refractivity contribution in [1.29, 1.82) is 0 Å². The van der Waals surface area contributed by atoms with E-state index in [1.54, 1.807) is 0 Å². The zero-order valence-corrected chi connectivity index (χ0v) is 10.4. The third-order valence-electron chi connectivity index (χ3n) is 3.83. The number of benzene rings is 1. The highest BCUT2D eigenvalue weighted by Gasteiger charge is 2.19. The van der Waals surface area contributed by atoms with Crippen LogP contribution in [0.5, 0.6) is 0 Å². The Balaban J connectivity index is 2.00. The van der Waals surface area contributed by atoms with Crippen molar-refractivity contribution in [2.24, 2.45) is 5.92 Å². The maximum Gasteiger partial charge on any atom is 0.0540 e. The summed E-state index contributed by atoms with van der Waals surface area (Å²) in [6, 6.07) is 6.73. The van der Waals surface area contributed by atoms with Crippen molar-refractivity contribution in [3.05, 3.63) is 34.9 Å². The minimum atomic E-state index is -0.0325. The van der Waals surface area contributed by atoms with E-state index in [4.69, 9.17) is 0 Å². The van der Waals surface area contributed by atoms with E-state index in [1.807, 2.05) is 0 Å². The lowest BCUT2D eigenvalue weighted by atomic mass is 9.82. The van der Waals surface area contributed by atoms with Gasteiger partial charge in [-0.2, -0.15) is 0 Å². The molecule has 1 aliphatic rings. The molecule has 1 aliphatic carbocycles. The molecule has 1 heteroatoms. The quantitative estimate of drug-likeness (QED) is 0.806. The highest BCUT2D eigenvalue weighted by Crippen LogP contribution is 2.28. The fraction of sp³-hybridized carbons (Fsp3) is 0.600. The monoisotopic (exact) mass is 218 g/mol. The summed E-state index contributed by atoms with van der Waals surface area (Å²) in [7, 11) is 0. The van der Waals surface area contributed by atoms with Crippen LogP contribution in [0.3, 0.4) is 0 Å². The fourth-order valence-corrected chi connectivity index (χ4v) is 2.68. The van der Waals surface area contributed by atoms with Gasteiger partial charge in [0.2, 0.25) is 0 Å². The molecule has 88 valence electrons. The Morgan fingerprint density at radius 1 is 1.12 bits per heavy atom. The summed E-state index contributed by atoms with van der Waals surface area (Å²) in [5.41, 5.74) is 4.27. The number of aliphatic hydroxyl groups is 1. The van der Waals surface area contributed by atoms with E-state index in [0.717, 1.165) is 18.8 Å². The lowest BCUT2D eigenvalue weighted by Crippen LogP contribution is -2.19. The molecule has 0 bridgehead atoms. The standard InChI is InChI=1S/C15H22O/c1-11-3-4-12(2)14(9-11)10-13-5-7-15(16)8-6-13/h3-4,9,13,15-16H,5-8,10H2,1-2H3. The molecular formula is C15H22O. The van der Waals surface area contributed by atoms with E-state index in [0.29, 0.717) is 0 Å². The van der Waals surface area contributed by atoms with Gasteiger partial charge in [-0.3, -0.25) is 0 Å². The summed E-state index contributed by atoms with van der Waals surface area (Å²) in [6.07, 6.45) is 5.53. The normalized spacial score (nSPS) is 25.7. The van der Waals surface area contributed by atoms with Gasteiger partial charge in [-0.05, 0) is 63.0 Å². The van der Waals surface area contributed by atoms with Gasteiger partial charge < -0.3 is 5.11 Å². The van der Waals surface area contributed by atoms with Crippen molar-refractivity contribution in [2.45, 2.75) is 52.1 Å². The Kier molecular flexibility index (Phi) is 3.65. The fourth-order valence-electron chi connectivity index (χ4n) is 2.68. The summed E-state index contributed by atoms with van der Waals surface area (Å²) in [5, 5.41) is 9.49. The second-order valence-corrected chi connectivity index (χ2v) is 5.31. The third kappa shape index (κ3) is 2.85. The second kappa shape index (κ2) is 5.01. The van der Waals surface area contributed by atoms with E-state index >= 15 is 0 Å². The van der Waals surface area contributed by atoms with Crippen molar-refractivity contribution in [2.75, 3.05) is 0 Å². The van der Waals surface area contributed by atoms with Crippen LogP contribution in [-0.2, 0) is 6.42 Å². The molecule has 1 aromatic rings. The average Bonchev–Trinajstić information content (AvgIpc) is 2.27. The molecular weight excluding hydrogens is 196 g/mol. The number of hydrogen-bond donors (Lipinski definition) is 1. The molecule has 1 saturated carbocycles. The molecule has 0 unspecified atom stereocenters. The molecule has 2 rings (SSSR count). The van der Waals surface area contributed by atoms with Crippen molar-refractivity contribution in [3.63, 3.8) is 0 Å². The molecule has 0 aromatic heterocycles. The van der Waals surface area contributed by atoms with Crippen LogP contribution in [-0.4, -0.2) is 11.2 Å². The number of rotatable bonds is 2. The van der Waals surface area contributed by atoms with Gasteiger partial charge in [0.05, 0.1) is 6.10 Å². The van der Waals surface area contributed by atoms with Crippen LogP contribution in [0.4, 0.5) is 0 Å². The maximum absolute atomic E-state index is 9.49. The first-order chi connectivity index (χ1) is 7.65. The predicted octanol–water partition coefficient (Wildman–Crippen LogP) is 3.40. The van der Waals surface area contributed by atoms with E-state index in [2.05, 4.69) is 32.0 Å². The molecule has 0 radical (unpaired) electrons. The Labute approximate surface area is 98.5 Å². The topological polar surface area (TPSA) is 20.2 Å². The summed E-state index contributed by atoms with van der Waals surface area (Å²) in [4.78, 5) is 0. The highest BCUT2D eigenvalue weighted by molar-refractivity contribution is 5.30.